The van der Waals surface area contributed by atoms with Gasteiger partial charge in [-0.1, -0.05) is 44.2 Å². The maximum absolute atomic E-state index is 13.1. The fourth-order valence-electron chi connectivity index (χ4n) is 4.12. The van der Waals surface area contributed by atoms with Gasteiger partial charge in [0.05, 0.1) is 22.6 Å². The molecule has 1 atom stereocenters. The Morgan fingerprint density at radius 3 is 2.71 bits per heavy atom. The molecule has 0 spiro atoms. The SMILES string of the molecule is CC1(C)CC(=O)C2=C(C1)N1CCSC1=C(C#N)C2c1ccccc1. The molecular weight excluding hydrogens is 316 g/mol. The molecule has 4 heteroatoms. The summed E-state index contributed by atoms with van der Waals surface area (Å²) in [4.78, 5) is 15.3. The van der Waals surface area contributed by atoms with Gasteiger partial charge >= 0.3 is 0 Å². The Morgan fingerprint density at radius 2 is 2.00 bits per heavy atom. The van der Waals surface area contributed by atoms with Crippen LogP contribution in [0.1, 0.15) is 38.2 Å². The van der Waals surface area contributed by atoms with Crippen LogP contribution >= 0.6 is 11.8 Å². The number of nitriles is 1. The predicted molar refractivity (Wildman–Crippen MR) is 96.0 cm³/mol. The van der Waals surface area contributed by atoms with Crippen molar-refractivity contribution < 1.29 is 4.79 Å². The van der Waals surface area contributed by atoms with Crippen LogP contribution in [0.4, 0.5) is 0 Å². The third-order valence-electron chi connectivity index (χ3n) is 5.08. The van der Waals surface area contributed by atoms with Crippen LogP contribution in [-0.4, -0.2) is 23.0 Å². The van der Waals surface area contributed by atoms with Gasteiger partial charge in [0, 0.05) is 30.0 Å². The molecule has 3 aliphatic rings. The number of benzene rings is 1. The molecule has 2 aliphatic heterocycles. The summed E-state index contributed by atoms with van der Waals surface area (Å²) >= 11 is 1.75. The third-order valence-corrected chi connectivity index (χ3v) is 6.18. The van der Waals surface area contributed by atoms with Gasteiger partial charge in [-0.3, -0.25) is 4.79 Å². The zero-order valence-electron chi connectivity index (χ0n) is 14.0. The van der Waals surface area contributed by atoms with Crippen LogP contribution in [0.5, 0.6) is 0 Å². The number of rotatable bonds is 1. The number of carbonyl (C=O) groups is 1. The topological polar surface area (TPSA) is 44.1 Å². The summed E-state index contributed by atoms with van der Waals surface area (Å²) in [5.74, 6) is 0.985. The summed E-state index contributed by atoms with van der Waals surface area (Å²) in [6.45, 7) is 5.23. The summed E-state index contributed by atoms with van der Waals surface area (Å²) in [5, 5.41) is 10.9. The number of hydrogen-bond acceptors (Lipinski definition) is 4. The molecule has 0 N–H and O–H groups in total. The van der Waals surface area contributed by atoms with E-state index >= 15 is 0 Å². The maximum Gasteiger partial charge on any atom is 0.162 e. The van der Waals surface area contributed by atoms with E-state index in [2.05, 4.69) is 24.8 Å². The van der Waals surface area contributed by atoms with E-state index in [0.717, 1.165) is 46.2 Å². The lowest BCUT2D eigenvalue weighted by Crippen LogP contribution is -2.38. The van der Waals surface area contributed by atoms with Gasteiger partial charge in [-0.05, 0) is 17.4 Å². The standard InChI is InChI=1S/C20H20N2OS/c1-20(2)10-15-18(16(23)11-20)17(13-6-4-3-5-7-13)14(12-21)19-22(15)8-9-24-19/h3-7,17H,8-11H2,1-2H3. The van der Waals surface area contributed by atoms with Gasteiger partial charge in [0.1, 0.15) is 0 Å². The summed E-state index contributed by atoms with van der Waals surface area (Å²) < 4.78 is 0. The first-order valence-corrected chi connectivity index (χ1v) is 9.36. The number of ketones is 1. The second-order valence-corrected chi connectivity index (χ2v) is 8.56. The number of Topliss-reactive ketones (excluding diaryl/α,β-unsaturated/α-hetero) is 1. The molecule has 0 aromatic heterocycles. The van der Waals surface area contributed by atoms with Crippen molar-refractivity contribution in [3.8, 4) is 6.07 Å². The predicted octanol–water partition coefficient (Wildman–Crippen LogP) is 4.21. The van der Waals surface area contributed by atoms with Crippen molar-refractivity contribution in [1.29, 1.82) is 5.26 Å². The second kappa shape index (κ2) is 5.53. The minimum absolute atomic E-state index is 0.0142. The number of allylic oxidation sites excluding steroid dienone is 3. The molecule has 4 rings (SSSR count). The smallest absolute Gasteiger partial charge is 0.162 e. The van der Waals surface area contributed by atoms with E-state index in [1.54, 1.807) is 11.8 Å². The fourth-order valence-corrected chi connectivity index (χ4v) is 5.27. The summed E-state index contributed by atoms with van der Waals surface area (Å²) in [5.41, 5.74) is 3.80. The molecule has 0 bridgehead atoms. The van der Waals surface area contributed by atoms with Crippen molar-refractivity contribution in [3.63, 3.8) is 0 Å². The van der Waals surface area contributed by atoms with E-state index in [9.17, 15) is 10.1 Å². The van der Waals surface area contributed by atoms with Crippen LogP contribution in [0.2, 0.25) is 0 Å². The average Bonchev–Trinajstić information content (AvgIpc) is 3.03. The monoisotopic (exact) mass is 336 g/mol. The number of thioether (sulfide) groups is 1. The van der Waals surface area contributed by atoms with Crippen LogP contribution in [0, 0.1) is 16.7 Å². The summed E-state index contributed by atoms with van der Waals surface area (Å²) in [6.07, 6.45) is 1.46. The molecule has 0 amide bonds. The third kappa shape index (κ3) is 2.31. The fraction of sp³-hybridized carbons (Fsp3) is 0.400. The molecule has 1 saturated heterocycles. The Bertz CT molecular complexity index is 814. The van der Waals surface area contributed by atoms with E-state index in [4.69, 9.17) is 0 Å². The van der Waals surface area contributed by atoms with Crippen molar-refractivity contribution in [2.24, 2.45) is 5.41 Å². The molecule has 2 heterocycles. The Morgan fingerprint density at radius 1 is 1.25 bits per heavy atom. The maximum atomic E-state index is 13.1. The van der Waals surface area contributed by atoms with Crippen molar-refractivity contribution in [2.75, 3.05) is 12.3 Å². The van der Waals surface area contributed by atoms with Gasteiger partial charge in [0.25, 0.3) is 0 Å². The molecule has 1 fully saturated rings. The zero-order valence-corrected chi connectivity index (χ0v) is 14.8. The highest BCUT2D eigenvalue weighted by molar-refractivity contribution is 8.03. The van der Waals surface area contributed by atoms with E-state index in [0.29, 0.717) is 6.42 Å². The van der Waals surface area contributed by atoms with Crippen molar-refractivity contribution >= 4 is 17.5 Å². The van der Waals surface area contributed by atoms with Gasteiger partial charge in [0.15, 0.2) is 5.78 Å². The highest BCUT2D eigenvalue weighted by Crippen LogP contribution is 2.53. The molecule has 24 heavy (non-hydrogen) atoms. The van der Waals surface area contributed by atoms with Crippen LogP contribution in [0.15, 0.2) is 52.2 Å². The molecule has 0 radical (unpaired) electrons. The van der Waals surface area contributed by atoms with Crippen molar-refractivity contribution in [2.45, 2.75) is 32.6 Å². The van der Waals surface area contributed by atoms with E-state index in [1.807, 2.05) is 30.3 Å². The number of nitrogens with zero attached hydrogens (tertiary/aromatic N) is 2. The van der Waals surface area contributed by atoms with Crippen LogP contribution in [0.3, 0.4) is 0 Å². The van der Waals surface area contributed by atoms with Gasteiger partial charge in [-0.15, -0.1) is 11.8 Å². The number of hydrogen-bond donors (Lipinski definition) is 0. The zero-order chi connectivity index (χ0) is 16.9. The van der Waals surface area contributed by atoms with Gasteiger partial charge in [-0.2, -0.15) is 5.26 Å². The lowest BCUT2D eigenvalue weighted by atomic mass is 9.69. The molecular formula is C20H20N2OS. The van der Waals surface area contributed by atoms with Crippen molar-refractivity contribution in [1.82, 2.24) is 4.90 Å². The highest BCUT2D eigenvalue weighted by Gasteiger charge is 2.45. The molecule has 1 unspecified atom stereocenters. The van der Waals surface area contributed by atoms with Gasteiger partial charge in [-0.25, -0.2) is 0 Å². The minimum Gasteiger partial charge on any atom is -0.338 e. The molecule has 1 aliphatic carbocycles. The first-order valence-electron chi connectivity index (χ1n) is 8.37. The quantitative estimate of drug-likeness (QED) is 0.770. The second-order valence-electron chi connectivity index (χ2n) is 7.48. The lowest BCUT2D eigenvalue weighted by Gasteiger charge is -2.42. The van der Waals surface area contributed by atoms with Crippen molar-refractivity contribution in [3.05, 3.63) is 57.8 Å². The minimum atomic E-state index is -0.202. The molecule has 0 saturated carbocycles. The number of carbonyl (C=O) groups excluding carboxylic acids is 1. The lowest BCUT2D eigenvalue weighted by molar-refractivity contribution is -0.118. The van der Waals surface area contributed by atoms with Gasteiger partial charge < -0.3 is 4.90 Å². The first kappa shape index (κ1) is 15.5. The number of fused-ring (bicyclic) bond motifs is 2. The van der Waals surface area contributed by atoms with Crippen LogP contribution in [0.25, 0.3) is 0 Å². The molecule has 3 nitrogen and oxygen atoms in total. The van der Waals surface area contributed by atoms with Gasteiger partial charge in [0.2, 0.25) is 0 Å². The Kier molecular flexibility index (Phi) is 3.58. The van der Waals surface area contributed by atoms with E-state index in [1.165, 1.54) is 0 Å². The Labute approximate surface area is 147 Å². The largest absolute Gasteiger partial charge is 0.338 e. The average molecular weight is 336 g/mol. The molecule has 1 aromatic rings. The van der Waals surface area contributed by atoms with E-state index < -0.39 is 0 Å². The Hall–Kier alpha value is -1.99. The van der Waals surface area contributed by atoms with Crippen LogP contribution < -0.4 is 0 Å². The first-order chi connectivity index (χ1) is 11.5. The summed E-state index contributed by atoms with van der Waals surface area (Å²) in [7, 11) is 0. The molecule has 122 valence electrons. The molecule has 1 aromatic carbocycles. The summed E-state index contributed by atoms with van der Waals surface area (Å²) in [6, 6.07) is 12.5. The van der Waals surface area contributed by atoms with E-state index in [-0.39, 0.29) is 17.1 Å². The normalized spacial score (nSPS) is 25.5. The Balaban J connectivity index is 1.95. The highest BCUT2D eigenvalue weighted by atomic mass is 32.2. The van der Waals surface area contributed by atoms with Crippen LogP contribution in [-0.2, 0) is 4.79 Å².